The first-order valence-electron chi connectivity index (χ1n) is 7.27. The second-order valence-corrected chi connectivity index (χ2v) is 5.39. The summed E-state index contributed by atoms with van der Waals surface area (Å²) in [5.41, 5.74) is -0.192. The van der Waals surface area contributed by atoms with Crippen LogP contribution in [0.3, 0.4) is 0 Å². The van der Waals surface area contributed by atoms with Crippen molar-refractivity contribution in [2.75, 3.05) is 11.7 Å². The molecule has 0 unspecified atom stereocenters. The molecule has 1 aromatic carbocycles. The van der Waals surface area contributed by atoms with Crippen molar-refractivity contribution in [2.45, 2.75) is 13.1 Å². The molecular formula is C16H12ClF3N4O. The quantitative estimate of drug-likeness (QED) is 0.620. The predicted molar refractivity (Wildman–Crippen MR) is 87.6 cm³/mol. The van der Waals surface area contributed by atoms with Gasteiger partial charge in [0, 0.05) is 11.2 Å². The third-order valence-corrected chi connectivity index (χ3v) is 3.50. The minimum Gasteiger partial charge on any atom is -0.266 e. The molecule has 25 heavy (non-hydrogen) atoms. The number of fused-ring (bicyclic) bond motifs is 1. The van der Waals surface area contributed by atoms with E-state index in [-0.39, 0.29) is 23.3 Å². The van der Waals surface area contributed by atoms with E-state index in [0.717, 1.165) is 17.2 Å². The lowest BCUT2D eigenvalue weighted by atomic mass is 10.1. The van der Waals surface area contributed by atoms with E-state index in [1.807, 2.05) is 0 Å². The molecule has 2 heterocycles. The molecule has 0 saturated carbocycles. The molecule has 0 N–H and O–H groups in total. The largest absolute Gasteiger partial charge is 0.418 e. The van der Waals surface area contributed by atoms with Gasteiger partial charge in [-0.15, -0.1) is 0 Å². The van der Waals surface area contributed by atoms with Crippen molar-refractivity contribution in [2.24, 2.45) is 0 Å². The highest BCUT2D eigenvalue weighted by molar-refractivity contribution is 6.30. The number of nitrogens with zero attached hydrogens (tertiary/aromatic N) is 4. The molecule has 0 atom stereocenters. The molecule has 0 aliphatic heterocycles. The Morgan fingerprint density at radius 2 is 1.96 bits per heavy atom. The van der Waals surface area contributed by atoms with E-state index in [4.69, 9.17) is 16.4 Å². The van der Waals surface area contributed by atoms with E-state index >= 15 is 0 Å². The summed E-state index contributed by atoms with van der Waals surface area (Å²) in [6, 6.07) is 6.58. The van der Waals surface area contributed by atoms with E-state index in [1.165, 1.54) is 12.3 Å². The van der Waals surface area contributed by atoms with E-state index in [2.05, 4.69) is 15.0 Å². The molecule has 0 bridgehead atoms. The fourth-order valence-electron chi connectivity index (χ4n) is 2.23. The Balaban J connectivity index is 2.17. The minimum atomic E-state index is -4.59. The monoisotopic (exact) mass is 368 g/mol. The van der Waals surface area contributed by atoms with Crippen LogP contribution in [0.25, 0.3) is 11.0 Å². The molecule has 5 nitrogen and oxygen atoms in total. The van der Waals surface area contributed by atoms with Crippen molar-refractivity contribution < 1.29 is 18.0 Å². The lowest BCUT2D eigenvalue weighted by Gasteiger charge is -2.24. The number of hydrogen-bond acceptors (Lipinski definition) is 5. The smallest absolute Gasteiger partial charge is 0.266 e. The number of pyridine rings is 1. The van der Waals surface area contributed by atoms with E-state index in [9.17, 15) is 13.2 Å². The maximum Gasteiger partial charge on any atom is 0.418 e. The lowest BCUT2D eigenvalue weighted by Crippen LogP contribution is -2.23. The summed E-state index contributed by atoms with van der Waals surface area (Å²) in [5.74, 6) is -0.0462. The maximum atomic E-state index is 13.4. The molecule has 0 aliphatic rings. The van der Waals surface area contributed by atoms with Crippen LogP contribution in [0.5, 0.6) is 0 Å². The number of hydrogen-bond donors (Lipinski definition) is 0. The van der Waals surface area contributed by atoms with Crippen LogP contribution in [-0.4, -0.2) is 21.6 Å². The molecule has 0 radical (unpaired) electrons. The molecule has 0 spiro atoms. The zero-order valence-corrected chi connectivity index (χ0v) is 13.7. The van der Waals surface area contributed by atoms with Gasteiger partial charge in [0.05, 0.1) is 29.6 Å². The fourth-order valence-corrected chi connectivity index (χ4v) is 2.40. The van der Waals surface area contributed by atoms with Crippen LogP contribution < -0.4 is 5.06 Å². The van der Waals surface area contributed by atoms with Crippen molar-refractivity contribution in [3.05, 3.63) is 53.3 Å². The van der Waals surface area contributed by atoms with Crippen molar-refractivity contribution in [3.63, 3.8) is 0 Å². The van der Waals surface area contributed by atoms with Crippen LogP contribution in [0.1, 0.15) is 12.5 Å². The Labute approximate surface area is 146 Å². The molecule has 3 aromatic rings. The summed E-state index contributed by atoms with van der Waals surface area (Å²) >= 11 is 5.89. The number of benzene rings is 1. The average molecular weight is 369 g/mol. The van der Waals surface area contributed by atoms with Crippen molar-refractivity contribution in [3.8, 4) is 0 Å². The lowest BCUT2D eigenvalue weighted by molar-refractivity contribution is -0.137. The number of anilines is 2. The third kappa shape index (κ3) is 3.64. The number of halogens is 4. The van der Waals surface area contributed by atoms with Gasteiger partial charge in [-0.3, -0.25) is 9.82 Å². The summed E-state index contributed by atoms with van der Waals surface area (Å²) in [6.07, 6.45) is -1.60. The Hall–Kier alpha value is -2.45. The SMILES string of the molecule is CCON(c1ncc2ncccc2n1)c1cc(Cl)ccc1C(F)(F)F. The molecule has 9 heteroatoms. The number of alkyl halides is 3. The number of rotatable bonds is 4. The van der Waals surface area contributed by atoms with Crippen LogP contribution in [0.15, 0.2) is 42.7 Å². The summed E-state index contributed by atoms with van der Waals surface area (Å²) in [7, 11) is 0. The first-order chi connectivity index (χ1) is 11.9. The predicted octanol–water partition coefficient (Wildman–Crippen LogP) is 4.79. The van der Waals surface area contributed by atoms with E-state index in [1.54, 1.807) is 25.3 Å². The highest BCUT2D eigenvalue weighted by Gasteiger charge is 2.36. The van der Waals surface area contributed by atoms with Gasteiger partial charge in [0.1, 0.15) is 5.52 Å². The van der Waals surface area contributed by atoms with Gasteiger partial charge in [-0.25, -0.2) is 9.97 Å². The second-order valence-electron chi connectivity index (χ2n) is 4.95. The van der Waals surface area contributed by atoms with Gasteiger partial charge in [-0.2, -0.15) is 18.2 Å². The normalized spacial score (nSPS) is 11.7. The Kier molecular flexibility index (Phi) is 4.73. The summed E-state index contributed by atoms with van der Waals surface area (Å²) in [6.45, 7) is 1.76. The van der Waals surface area contributed by atoms with E-state index in [0.29, 0.717) is 11.0 Å². The minimum absolute atomic E-state index is 0.0462. The van der Waals surface area contributed by atoms with Gasteiger partial charge in [-0.05, 0) is 37.3 Å². The standard InChI is InChI=1S/C16H12ClF3N4O/c1-2-25-24(14-8-10(17)5-6-11(14)16(18,19)20)15-22-9-13-12(23-15)4-3-7-21-13/h3-9H,2H2,1H3. The van der Waals surface area contributed by atoms with Crippen LogP contribution in [-0.2, 0) is 11.0 Å². The van der Waals surface area contributed by atoms with Crippen molar-refractivity contribution >= 4 is 34.3 Å². The highest BCUT2D eigenvalue weighted by Crippen LogP contribution is 2.40. The Morgan fingerprint density at radius 3 is 2.68 bits per heavy atom. The first kappa shape index (κ1) is 17.4. The third-order valence-electron chi connectivity index (χ3n) is 3.26. The van der Waals surface area contributed by atoms with Gasteiger partial charge < -0.3 is 0 Å². The molecule has 3 rings (SSSR count). The van der Waals surface area contributed by atoms with Crippen molar-refractivity contribution in [1.82, 2.24) is 15.0 Å². The highest BCUT2D eigenvalue weighted by atomic mass is 35.5. The van der Waals surface area contributed by atoms with Gasteiger partial charge in [0.25, 0.3) is 5.95 Å². The summed E-state index contributed by atoms with van der Waals surface area (Å²) in [5, 5.41) is 1.07. The van der Waals surface area contributed by atoms with Crippen LogP contribution in [0.2, 0.25) is 5.02 Å². The van der Waals surface area contributed by atoms with Gasteiger partial charge in [0.2, 0.25) is 0 Å². The van der Waals surface area contributed by atoms with Gasteiger partial charge in [-0.1, -0.05) is 11.6 Å². The maximum absolute atomic E-state index is 13.4. The Morgan fingerprint density at radius 1 is 1.16 bits per heavy atom. The fraction of sp³-hybridized carbons (Fsp3) is 0.188. The summed E-state index contributed by atoms with van der Waals surface area (Å²) in [4.78, 5) is 17.8. The first-order valence-corrected chi connectivity index (χ1v) is 7.65. The zero-order valence-electron chi connectivity index (χ0n) is 13.0. The van der Waals surface area contributed by atoms with Crippen molar-refractivity contribution in [1.29, 1.82) is 0 Å². The molecule has 130 valence electrons. The van der Waals surface area contributed by atoms with Gasteiger partial charge in [0.15, 0.2) is 0 Å². The second kappa shape index (κ2) is 6.81. The van der Waals surface area contributed by atoms with Crippen LogP contribution in [0, 0.1) is 0 Å². The molecule has 0 amide bonds. The van der Waals surface area contributed by atoms with Crippen LogP contribution >= 0.6 is 11.6 Å². The van der Waals surface area contributed by atoms with Gasteiger partial charge >= 0.3 is 6.18 Å². The zero-order chi connectivity index (χ0) is 18.0. The number of aromatic nitrogens is 3. The average Bonchev–Trinajstić information content (AvgIpc) is 2.58. The summed E-state index contributed by atoms with van der Waals surface area (Å²) < 4.78 is 40.1. The topological polar surface area (TPSA) is 51.1 Å². The van der Waals surface area contributed by atoms with Crippen LogP contribution in [0.4, 0.5) is 24.8 Å². The molecule has 0 fully saturated rings. The van der Waals surface area contributed by atoms with E-state index < -0.39 is 11.7 Å². The Bertz CT molecular complexity index is 904. The molecule has 2 aromatic heterocycles. The molecule has 0 saturated heterocycles. The molecular weight excluding hydrogens is 357 g/mol. The molecule has 0 aliphatic carbocycles.